The zero-order valence-corrected chi connectivity index (χ0v) is 6.99. The van der Waals surface area contributed by atoms with Crippen LogP contribution in [0.5, 0.6) is 0 Å². The molecule has 0 amide bonds. The number of carbonyl (C=O) groups is 1. The molecular weight excluding hydrogens is 187 g/mol. The van der Waals surface area contributed by atoms with Crippen molar-refractivity contribution in [2.24, 2.45) is 0 Å². The molecule has 0 aliphatic carbocycles. The molecule has 0 aliphatic rings. The Labute approximate surface area is 69.0 Å². The zero-order chi connectivity index (χ0) is 9.61. The number of phosphoric ester groups is 1. The molecule has 0 spiro atoms. The van der Waals surface area contributed by atoms with Crippen molar-refractivity contribution in [3.05, 3.63) is 12.7 Å². The van der Waals surface area contributed by atoms with E-state index in [1.807, 2.05) is 0 Å². The molecule has 0 heterocycles. The fourth-order valence-corrected chi connectivity index (χ4v) is 0.648. The van der Waals surface area contributed by atoms with Crippen LogP contribution in [0.25, 0.3) is 0 Å². The van der Waals surface area contributed by atoms with E-state index < -0.39 is 20.4 Å². The molecule has 0 radical (unpaired) electrons. The average molecular weight is 194 g/mol. The largest absolute Gasteiger partial charge is 0.790 e. The van der Waals surface area contributed by atoms with Crippen LogP contribution in [0.15, 0.2) is 12.7 Å². The predicted octanol–water partition coefficient (Wildman–Crippen LogP) is -1.44. The van der Waals surface area contributed by atoms with Gasteiger partial charge in [-0.15, -0.1) is 0 Å². The molecule has 0 aliphatic heterocycles. The second kappa shape index (κ2) is 5.05. The number of rotatable bonds is 5. The summed E-state index contributed by atoms with van der Waals surface area (Å²) in [6.45, 7) is 2.33. The van der Waals surface area contributed by atoms with Crippen molar-refractivity contribution in [2.75, 3.05) is 13.2 Å². The maximum atomic E-state index is 10.3. The van der Waals surface area contributed by atoms with Crippen molar-refractivity contribution in [2.45, 2.75) is 0 Å². The number of esters is 1. The summed E-state index contributed by atoms with van der Waals surface area (Å²) in [5, 5.41) is 0. The predicted molar refractivity (Wildman–Crippen MR) is 34.7 cm³/mol. The molecule has 7 heteroatoms. The van der Waals surface area contributed by atoms with Crippen LogP contribution in [0, 0.1) is 0 Å². The summed E-state index contributed by atoms with van der Waals surface area (Å²) in [5.74, 6) is -0.703. The maximum Gasteiger partial charge on any atom is 0.330 e. The fourth-order valence-electron chi connectivity index (χ4n) is 0.350. The van der Waals surface area contributed by atoms with Crippen molar-refractivity contribution >= 4 is 13.8 Å². The van der Waals surface area contributed by atoms with Gasteiger partial charge in [0.1, 0.15) is 6.61 Å². The third-order valence-corrected chi connectivity index (χ3v) is 1.24. The highest BCUT2D eigenvalue weighted by atomic mass is 31.2. The molecule has 0 bridgehead atoms. The number of phosphoric acid groups is 1. The fraction of sp³-hybridized carbons (Fsp3) is 0.400. The van der Waals surface area contributed by atoms with Crippen LogP contribution in [0.1, 0.15) is 0 Å². The first kappa shape index (κ1) is 11.3. The van der Waals surface area contributed by atoms with Gasteiger partial charge >= 0.3 is 5.97 Å². The molecule has 0 saturated heterocycles. The standard InChI is InChI=1S/C5H9O6P/c1-2-5(6)10-3-4-11-12(7,8)9/h2H,1,3-4H2,(H2,7,8,9)/p-2. The first-order chi connectivity index (χ1) is 5.45. The average Bonchev–Trinajstić information content (AvgIpc) is 1.96. The van der Waals surface area contributed by atoms with Crippen LogP contribution < -0.4 is 9.79 Å². The Morgan fingerprint density at radius 3 is 2.50 bits per heavy atom. The minimum absolute atomic E-state index is 0.292. The topological polar surface area (TPSA) is 98.7 Å². The lowest BCUT2D eigenvalue weighted by Crippen LogP contribution is -2.18. The Bertz CT molecular complexity index is 206. The number of hydrogen-bond acceptors (Lipinski definition) is 6. The molecule has 0 unspecified atom stereocenters. The molecule has 12 heavy (non-hydrogen) atoms. The van der Waals surface area contributed by atoms with Gasteiger partial charge in [0.2, 0.25) is 0 Å². The van der Waals surface area contributed by atoms with E-state index in [0.29, 0.717) is 0 Å². The van der Waals surface area contributed by atoms with Crippen molar-refractivity contribution in [3.63, 3.8) is 0 Å². The van der Waals surface area contributed by atoms with E-state index in [9.17, 15) is 19.1 Å². The smallest absolute Gasteiger partial charge is 0.330 e. The lowest BCUT2D eigenvalue weighted by molar-refractivity contribution is -0.342. The van der Waals surface area contributed by atoms with E-state index in [1.54, 1.807) is 0 Å². The first-order valence-electron chi connectivity index (χ1n) is 2.91. The molecule has 0 aromatic rings. The van der Waals surface area contributed by atoms with E-state index in [1.165, 1.54) is 0 Å². The monoisotopic (exact) mass is 194 g/mol. The molecule has 0 aromatic carbocycles. The third-order valence-electron chi connectivity index (χ3n) is 0.744. The summed E-state index contributed by atoms with van der Waals surface area (Å²) in [5.41, 5.74) is 0. The SMILES string of the molecule is C=CC(=O)OCCOP(=O)([O-])[O-]. The lowest BCUT2D eigenvalue weighted by atomic mass is 10.6. The van der Waals surface area contributed by atoms with Crippen molar-refractivity contribution in [1.29, 1.82) is 0 Å². The Balaban J connectivity index is 3.40. The van der Waals surface area contributed by atoms with Crippen molar-refractivity contribution in [3.8, 4) is 0 Å². The summed E-state index contributed by atoms with van der Waals surface area (Å²) in [6, 6.07) is 0. The Kier molecular flexibility index (Phi) is 4.77. The van der Waals surface area contributed by atoms with Gasteiger partial charge in [-0.1, -0.05) is 6.58 Å². The molecule has 0 N–H and O–H groups in total. The van der Waals surface area contributed by atoms with Crippen LogP contribution in [0.3, 0.4) is 0 Å². The van der Waals surface area contributed by atoms with Gasteiger partial charge in [-0.25, -0.2) is 4.79 Å². The van der Waals surface area contributed by atoms with Gasteiger partial charge in [0.15, 0.2) is 0 Å². The van der Waals surface area contributed by atoms with Gasteiger partial charge < -0.3 is 23.6 Å². The number of ether oxygens (including phenoxy) is 1. The van der Waals surface area contributed by atoms with Crippen LogP contribution >= 0.6 is 7.82 Å². The normalized spacial score (nSPS) is 10.8. The summed E-state index contributed by atoms with van der Waals surface area (Å²) in [6.07, 6.45) is 0.911. The summed E-state index contributed by atoms with van der Waals surface area (Å²) >= 11 is 0. The van der Waals surface area contributed by atoms with Crippen LogP contribution in [0.4, 0.5) is 0 Å². The minimum Gasteiger partial charge on any atom is -0.790 e. The van der Waals surface area contributed by atoms with E-state index in [0.717, 1.165) is 6.08 Å². The zero-order valence-electron chi connectivity index (χ0n) is 6.10. The highest BCUT2D eigenvalue weighted by Crippen LogP contribution is 2.23. The van der Waals surface area contributed by atoms with E-state index >= 15 is 0 Å². The minimum atomic E-state index is -4.95. The van der Waals surface area contributed by atoms with Crippen LogP contribution in [0.2, 0.25) is 0 Å². The maximum absolute atomic E-state index is 10.3. The second-order valence-electron chi connectivity index (χ2n) is 1.65. The summed E-state index contributed by atoms with van der Waals surface area (Å²) in [7, 11) is -4.95. The van der Waals surface area contributed by atoms with Gasteiger partial charge in [0.05, 0.1) is 14.4 Å². The molecule has 0 aromatic heterocycles. The van der Waals surface area contributed by atoms with E-state index in [-0.39, 0.29) is 6.61 Å². The van der Waals surface area contributed by atoms with Crippen LogP contribution in [-0.2, 0) is 18.6 Å². The molecule has 0 fully saturated rings. The van der Waals surface area contributed by atoms with Crippen molar-refractivity contribution < 1.29 is 28.4 Å². The van der Waals surface area contributed by atoms with Gasteiger partial charge in [0, 0.05) is 6.08 Å². The molecule has 6 nitrogen and oxygen atoms in total. The molecule has 0 atom stereocenters. The molecule has 70 valence electrons. The van der Waals surface area contributed by atoms with Gasteiger partial charge in [0.25, 0.3) is 0 Å². The Morgan fingerprint density at radius 1 is 1.50 bits per heavy atom. The van der Waals surface area contributed by atoms with Gasteiger partial charge in [-0.05, 0) is 0 Å². The van der Waals surface area contributed by atoms with Gasteiger partial charge in [-0.2, -0.15) is 0 Å². The third kappa shape index (κ3) is 7.43. The highest BCUT2D eigenvalue weighted by molar-refractivity contribution is 7.43. The van der Waals surface area contributed by atoms with Gasteiger partial charge in [-0.3, -0.25) is 0 Å². The molecule has 0 rings (SSSR count). The summed E-state index contributed by atoms with van der Waals surface area (Å²) < 4.78 is 17.9. The number of carbonyl (C=O) groups excluding carboxylic acids is 1. The Morgan fingerprint density at radius 2 is 2.08 bits per heavy atom. The van der Waals surface area contributed by atoms with E-state index in [2.05, 4.69) is 15.8 Å². The summed E-state index contributed by atoms with van der Waals surface area (Å²) in [4.78, 5) is 30.0. The molecule has 0 saturated carbocycles. The van der Waals surface area contributed by atoms with Crippen molar-refractivity contribution in [1.82, 2.24) is 0 Å². The van der Waals surface area contributed by atoms with Crippen LogP contribution in [-0.4, -0.2) is 19.2 Å². The highest BCUT2D eigenvalue weighted by Gasteiger charge is 1.95. The van der Waals surface area contributed by atoms with E-state index in [4.69, 9.17) is 0 Å². The first-order valence-corrected chi connectivity index (χ1v) is 4.37. The quantitative estimate of drug-likeness (QED) is 0.230. The Hall–Kier alpha value is -0.680. The second-order valence-corrected chi connectivity index (χ2v) is 2.80. The lowest BCUT2D eigenvalue weighted by Gasteiger charge is -2.28. The number of hydrogen-bond donors (Lipinski definition) is 0. The molecular formula is C5H7O6P-2.